The van der Waals surface area contributed by atoms with Crippen molar-refractivity contribution in [1.82, 2.24) is 10.6 Å². The maximum Gasteiger partial charge on any atom is 0.243 e. The fourth-order valence-electron chi connectivity index (χ4n) is 2.97. The molecule has 1 amide bonds. The van der Waals surface area contributed by atoms with Crippen LogP contribution in [0.2, 0.25) is 0 Å². The lowest BCUT2D eigenvalue weighted by atomic mass is 10.1. The third kappa shape index (κ3) is 9.86. The van der Waals surface area contributed by atoms with Crippen LogP contribution >= 0.6 is 24.0 Å². The summed E-state index contributed by atoms with van der Waals surface area (Å²) in [4.78, 5) is 16.5. The number of nitrogens with one attached hydrogen (secondary N) is 3. The Morgan fingerprint density at radius 3 is 2.62 bits per heavy atom. The Labute approximate surface area is 208 Å². The molecule has 176 valence electrons. The number of rotatable bonds is 11. The van der Waals surface area contributed by atoms with Crippen LogP contribution < -0.4 is 20.7 Å². The number of benzene rings is 2. The number of hydrogen-bond donors (Lipinski definition) is 3. The number of halogens is 1. The minimum Gasteiger partial charge on any atom is -0.493 e. The zero-order valence-corrected chi connectivity index (χ0v) is 21.7. The number of aliphatic imine (C=N–C) groups is 1. The molecule has 0 fully saturated rings. The molecule has 0 heterocycles. The van der Waals surface area contributed by atoms with E-state index in [1.165, 1.54) is 5.56 Å². The van der Waals surface area contributed by atoms with E-state index in [9.17, 15) is 4.79 Å². The van der Waals surface area contributed by atoms with Gasteiger partial charge < -0.3 is 25.4 Å². The molecule has 7 nitrogen and oxygen atoms in total. The highest BCUT2D eigenvalue weighted by molar-refractivity contribution is 14.0. The van der Waals surface area contributed by atoms with E-state index in [4.69, 9.17) is 9.47 Å². The predicted molar refractivity (Wildman–Crippen MR) is 141 cm³/mol. The molecule has 8 heteroatoms. The van der Waals surface area contributed by atoms with Crippen LogP contribution in [0.15, 0.2) is 47.5 Å². The number of guanidine groups is 1. The van der Waals surface area contributed by atoms with Gasteiger partial charge in [-0.1, -0.05) is 31.2 Å². The third-order valence-corrected chi connectivity index (χ3v) is 4.68. The van der Waals surface area contributed by atoms with Crippen LogP contribution in [0.1, 0.15) is 30.0 Å². The molecule has 0 unspecified atom stereocenters. The summed E-state index contributed by atoms with van der Waals surface area (Å²) >= 11 is 0. The fourth-order valence-corrected chi connectivity index (χ4v) is 2.97. The van der Waals surface area contributed by atoms with Gasteiger partial charge >= 0.3 is 0 Å². The molecule has 2 aromatic rings. The number of methoxy groups -OCH3 is 1. The van der Waals surface area contributed by atoms with E-state index in [0.29, 0.717) is 25.7 Å². The predicted octanol–water partition coefficient (Wildman–Crippen LogP) is 3.89. The van der Waals surface area contributed by atoms with Crippen molar-refractivity contribution in [2.45, 2.75) is 33.2 Å². The van der Waals surface area contributed by atoms with Gasteiger partial charge in [-0.25, -0.2) is 0 Å². The second-order valence-corrected chi connectivity index (χ2v) is 7.19. The van der Waals surface area contributed by atoms with Crippen molar-refractivity contribution in [2.24, 2.45) is 4.99 Å². The third-order valence-electron chi connectivity index (χ3n) is 4.68. The van der Waals surface area contributed by atoms with Crippen molar-refractivity contribution in [3.05, 3.63) is 59.2 Å². The summed E-state index contributed by atoms with van der Waals surface area (Å²) in [6, 6.07) is 14.0. The summed E-state index contributed by atoms with van der Waals surface area (Å²) in [5.74, 6) is 1.25. The largest absolute Gasteiger partial charge is 0.493 e. The zero-order valence-electron chi connectivity index (χ0n) is 19.4. The molecule has 2 rings (SSSR count). The maximum absolute atomic E-state index is 12.3. The molecule has 2 aromatic carbocycles. The van der Waals surface area contributed by atoms with Gasteiger partial charge in [-0.3, -0.25) is 9.79 Å². The smallest absolute Gasteiger partial charge is 0.243 e. The summed E-state index contributed by atoms with van der Waals surface area (Å²) in [7, 11) is 3.36. The highest BCUT2D eigenvalue weighted by Gasteiger charge is 2.08. The van der Waals surface area contributed by atoms with E-state index >= 15 is 0 Å². The molecule has 0 saturated carbocycles. The molecule has 0 atom stereocenters. The van der Waals surface area contributed by atoms with E-state index in [1.807, 2.05) is 49.4 Å². The number of amides is 1. The summed E-state index contributed by atoms with van der Waals surface area (Å²) in [6.45, 7) is 6.03. The van der Waals surface area contributed by atoms with Crippen LogP contribution in [0.5, 0.6) is 5.75 Å². The molecule has 0 aliphatic carbocycles. The topological polar surface area (TPSA) is 84.0 Å². The lowest BCUT2D eigenvalue weighted by molar-refractivity contribution is -0.115. The van der Waals surface area contributed by atoms with Crippen molar-refractivity contribution >= 4 is 41.5 Å². The molecule has 0 radical (unpaired) electrons. The first-order valence-corrected chi connectivity index (χ1v) is 10.6. The van der Waals surface area contributed by atoms with Gasteiger partial charge in [-0.2, -0.15) is 0 Å². The lowest BCUT2D eigenvalue weighted by Gasteiger charge is -2.15. The first kappa shape index (κ1) is 27.7. The van der Waals surface area contributed by atoms with Crippen LogP contribution in [-0.4, -0.2) is 45.8 Å². The van der Waals surface area contributed by atoms with Gasteiger partial charge in [0.15, 0.2) is 5.96 Å². The first-order chi connectivity index (χ1) is 15.0. The van der Waals surface area contributed by atoms with Gasteiger partial charge in [0.25, 0.3) is 0 Å². The standard InChI is InChI=1S/C24H34N4O3.HI/c1-5-19-8-6-9-21(15-19)28-23(29)17-27-24(25-3)26-16-20-11-10-18(2)14-22(20)31-13-7-12-30-4;/h6,8-11,14-15H,5,7,12-13,16-17H2,1-4H3,(H,28,29)(H2,25,26,27);1H. The molecule has 3 N–H and O–H groups in total. The SMILES string of the molecule is CCc1cccc(NC(=O)CNC(=NC)NCc2ccc(C)cc2OCCCOC)c1.I. The molecule has 0 aromatic heterocycles. The molecule has 0 saturated heterocycles. The number of carbonyl (C=O) groups is 1. The van der Waals surface area contributed by atoms with E-state index in [-0.39, 0.29) is 36.4 Å². The monoisotopic (exact) mass is 554 g/mol. The summed E-state index contributed by atoms with van der Waals surface area (Å²) in [5.41, 5.74) is 4.13. The maximum atomic E-state index is 12.3. The highest BCUT2D eigenvalue weighted by Crippen LogP contribution is 2.20. The zero-order chi connectivity index (χ0) is 22.5. The van der Waals surface area contributed by atoms with Gasteiger partial charge in [0.2, 0.25) is 5.91 Å². The Morgan fingerprint density at radius 1 is 1.09 bits per heavy atom. The summed E-state index contributed by atoms with van der Waals surface area (Å²) in [6.07, 6.45) is 1.76. The van der Waals surface area contributed by atoms with Crippen molar-refractivity contribution in [2.75, 3.05) is 39.2 Å². The number of nitrogens with zero attached hydrogens (tertiary/aromatic N) is 1. The summed E-state index contributed by atoms with van der Waals surface area (Å²) in [5, 5.41) is 9.19. The quantitative estimate of drug-likeness (QED) is 0.170. The van der Waals surface area contributed by atoms with Crippen molar-refractivity contribution in [1.29, 1.82) is 0 Å². The average Bonchev–Trinajstić information content (AvgIpc) is 2.78. The molecule has 0 bridgehead atoms. The second kappa shape index (κ2) is 15.5. The Morgan fingerprint density at radius 2 is 1.91 bits per heavy atom. The van der Waals surface area contributed by atoms with E-state index < -0.39 is 0 Å². The first-order valence-electron chi connectivity index (χ1n) is 10.6. The number of anilines is 1. The van der Waals surface area contributed by atoms with Gasteiger partial charge in [0, 0.05) is 45.0 Å². The molecule has 0 aliphatic rings. The van der Waals surface area contributed by atoms with E-state index in [0.717, 1.165) is 35.4 Å². The molecular weight excluding hydrogens is 519 g/mol. The van der Waals surface area contributed by atoms with Gasteiger partial charge in [-0.15, -0.1) is 24.0 Å². The van der Waals surface area contributed by atoms with Gasteiger partial charge in [0.05, 0.1) is 13.2 Å². The van der Waals surface area contributed by atoms with Crippen LogP contribution in [0, 0.1) is 6.92 Å². The normalized spacial score (nSPS) is 10.8. The van der Waals surface area contributed by atoms with Crippen molar-refractivity contribution in [3.63, 3.8) is 0 Å². The number of ether oxygens (including phenoxy) is 2. The fraction of sp³-hybridized carbons (Fsp3) is 0.417. The van der Waals surface area contributed by atoms with Crippen LogP contribution in [0.25, 0.3) is 0 Å². The Hall–Kier alpha value is -2.33. The molecule has 32 heavy (non-hydrogen) atoms. The van der Waals surface area contributed by atoms with Crippen molar-refractivity contribution in [3.8, 4) is 5.75 Å². The van der Waals surface area contributed by atoms with E-state index in [1.54, 1.807) is 14.2 Å². The number of hydrogen-bond acceptors (Lipinski definition) is 4. The average molecular weight is 554 g/mol. The molecule has 0 spiro atoms. The number of carbonyl (C=O) groups excluding carboxylic acids is 1. The molecule has 0 aliphatic heterocycles. The molecular formula is C24H35IN4O3. The van der Waals surface area contributed by atoms with Crippen molar-refractivity contribution < 1.29 is 14.3 Å². The minimum absolute atomic E-state index is 0. The van der Waals surface area contributed by atoms with E-state index in [2.05, 4.69) is 27.9 Å². The summed E-state index contributed by atoms with van der Waals surface area (Å²) < 4.78 is 11.0. The number of aryl methyl sites for hydroxylation is 2. The van der Waals surface area contributed by atoms with Crippen LogP contribution in [0.3, 0.4) is 0 Å². The highest BCUT2D eigenvalue weighted by atomic mass is 127. The lowest BCUT2D eigenvalue weighted by Crippen LogP contribution is -2.41. The Kier molecular flexibility index (Phi) is 13.4. The Bertz CT molecular complexity index is 874. The Balaban J connectivity index is 0.00000512. The van der Waals surface area contributed by atoms with Gasteiger partial charge in [0.1, 0.15) is 5.75 Å². The van der Waals surface area contributed by atoms with Gasteiger partial charge in [-0.05, 0) is 42.7 Å². The second-order valence-electron chi connectivity index (χ2n) is 7.19. The minimum atomic E-state index is -0.131. The van der Waals surface area contributed by atoms with Crippen LogP contribution in [0.4, 0.5) is 5.69 Å². The van der Waals surface area contributed by atoms with Crippen LogP contribution in [-0.2, 0) is 22.5 Å².